The average Bonchev–Trinajstić information content (AvgIpc) is 3.13. The van der Waals surface area contributed by atoms with Crippen molar-refractivity contribution in [1.29, 1.82) is 0 Å². The summed E-state index contributed by atoms with van der Waals surface area (Å²) in [6.07, 6.45) is 50.0. The molecule has 0 aliphatic heterocycles. The molecule has 0 saturated heterocycles. The van der Waals surface area contributed by atoms with Crippen LogP contribution in [0.15, 0.2) is 12.2 Å². The van der Waals surface area contributed by atoms with Crippen molar-refractivity contribution in [1.82, 2.24) is 0 Å². The second-order valence-electron chi connectivity index (χ2n) is 15.5. The Labute approximate surface area is 318 Å². The Balaban J connectivity index is 3.46. The number of hydrogen-bond donors (Lipinski definition) is 1. The molecule has 0 aromatic rings. The molecule has 302 valence electrons. The van der Waals surface area contributed by atoms with Gasteiger partial charge in [-0.25, -0.2) is 0 Å². The van der Waals surface area contributed by atoms with E-state index in [1.54, 1.807) is 0 Å². The molecular weight excluding hydrogens is 633 g/mol. The molecular formula is C46H88O5. The van der Waals surface area contributed by atoms with Crippen molar-refractivity contribution in [3.63, 3.8) is 0 Å². The van der Waals surface area contributed by atoms with Gasteiger partial charge in [0.15, 0.2) is 6.10 Å². The van der Waals surface area contributed by atoms with E-state index in [9.17, 15) is 14.7 Å². The van der Waals surface area contributed by atoms with Gasteiger partial charge in [-0.1, -0.05) is 212 Å². The van der Waals surface area contributed by atoms with Crippen LogP contribution in [-0.2, 0) is 19.1 Å². The van der Waals surface area contributed by atoms with E-state index in [2.05, 4.69) is 26.0 Å². The highest BCUT2D eigenvalue weighted by molar-refractivity contribution is 5.70. The van der Waals surface area contributed by atoms with E-state index in [1.165, 1.54) is 193 Å². The van der Waals surface area contributed by atoms with Gasteiger partial charge in [-0.2, -0.15) is 0 Å². The second-order valence-corrected chi connectivity index (χ2v) is 15.5. The summed E-state index contributed by atoms with van der Waals surface area (Å²) in [6.45, 7) is 4.16. The average molecular weight is 721 g/mol. The molecule has 0 spiro atoms. The third-order valence-corrected chi connectivity index (χ3v) is 10.3. The molecule has 0 fully saturated rings. The third kappa shape index (κ3) is 41.3. The van der Waals surface area contributed by atoms with Gasteiger partial charge in [0.05, 0.1) is 6.61 Å². The van der Waals surface area contributed by atoms with Gasteiger partial charge in [0.25, 0.3) is 0 Å². The Morgan fingerprint density at radius 3 is 1.08 bits per heavy atom. The summed E-state index contributed by atoms with van der Waals surface area (Å²) in [5.41, 5.74) is 0. The van der Waals surface area contributed by atoms with Crippen LogP contribution in [0.25, 0.3) is 0 Å². The number of carbonyl (C=O) groups excluding carboxylic acids is 2. The number of esters is 2. The van der Waals surface area contributed by atoms with Crippen LogP contribution in [0.4, 0.5) is 0 Å². The molecule has 5 heteroatoms. The predicted octanol–water partition coefficient (Wildman–Crippen LogP) is 14.5. The lowest BCUT2D eigenvalue weighted by Gasteiger charge is -2.15. The van der Waals surface area contributed by atoms with Crippen molar-refractivity contribution < 1.29 is 24.2 Å². The minimum absolute atomic E-state index is 0.0611. The maximum absolute atomic E-state index is 12.2. The fraction of sp³-hybridized carbons (Fsp3) is 0.913. The SMILES string of the molecule is CCCCCC/C=C/CCCCCCCCCC(=O)O[C@@H](CO)COC(=O)CCCCCCCCCCCCCCCCCCCCCCCC. The van der Waals surface area contributed by atoms with Crippen LogP contribution in [0, 0.1) is 0 Å². The van der Waals surface area contributed by atoms with Gasteiger partial charge < -0.3 is 14.6 Å². The Bertz CT molecular complexity index is 735. The third-order valence-electron chi connectivity index (χ3n) is 10.3. The number of ether oxygens (including phenoxy) is 2. The Hall–Kier alpha value is -1.36. The summed E-state index contributed by atoms with van der Waals surface area (Å²) in [4.78, 5) is 24.3. The first-order valence-corrected chi connectivity index (χ1v) is 22.7. The highest BCUT2D eigenvalue weighted by Gasteiger charge is 2.16. The quantitative estimate of drug-likeness (QED) is 0.0386. The Morgan fingerprint density at radius 1 is 0.431 bits per heavy atom. The Kier molecular flexibility index (Phi) is 41.9. The predicted molar refractivity (Wildman–Crippen MR) is 219 cm³/mol. The molecule has 0 aliphatic carbocycles. The number of rotatable bonds is 42. The summed E-state index contributed by atoms with van der Waals surface area (Å²) in [6, 6.07) is 0. The molecule has 0 aliphatic rings. The first kappa shape index (κ1) is 49.6. The van der Waals surface area contributed by atoms with Crippen LogP contribution < -0.4 is 0 Å². The van der Waals surface area contributed by atoms with E-state index in [4.69, 9.17) is 9.47 Å². The number of unbranched alkanes of at least 4 members (excludes halogenated alkanes) is 32. The van der Waals surface area contributed by atoms with E-state index in [0.717, 1.165) is 32.1 Å². The van der Waals surface area contributed by atoms with E-state index < -0.39 is 6.10 Å². The van der Waals surface area contributed by atoms with Gasteiger partial charge in [0, 0.05) is 12.8 Å². The van der Waals surface area contributed by atoms with E-state index >= 15 is 0 Å². The number of aliphatic hydroxyl groups excluding tert-OH is 1. The number of allylic oxidation sites excluding steroid dienone is 2. The topological polar surface area (TPSA) is 72.8 Å². The van der Waals surface area contributed by atoms with Crippen LogP contribution in [0.1, 0.15) is 251 Å². The minimum Gasteiger partial charge on any atom is -0.462 e. The molecule has 0 saturated carbocycles. The van der Waals surface area contributed by atoms with E-state index in [0.29, 0.717) is 12.8 Å². The smallest absolute Gasteiger partial charge is 0.306 e. The zero-order chi connectivity index (χ0) is 37.1. The van der Waals surface area contributed by atoms with E-state index in [1.807, 2.05) is 0 Å². The summed E-state index contributed by atoms with van der Waals surface area (Å²) < 4.78 is 10.6. The second kappa shape index (κ2) is 43.0. The number of aliphatic hydroxyl groups is 1. The molecule has 0 radical (unpaired) electrons. The molecule has 0 bridgehead atoms. The number of hydrogen-bond acceptors (Lipinski definition) is 5. The molecule has 5 nitrogen and oxygen atoms in total. The molecule has 0 rings (SSSR count). The summed E-state index contributed by atoms with van der Waals surface area (Å²) in [5.74, 6) is -0.581. The lowest BCUT2D eigenvalue weighted by atomic mass is 10.0. The van der Waals surface area contributed by atoms with Gasteiger partial charge in [-0.15, -0.1) is 0 Å². The summed E-state index contributed by atoms with van der Waals surface area (Å²) >= 11 is 0. The van der Waals surface area contributed by atoms with Crippen molar-refractivity contribution in [2.75, 3.05) is 13.2 Å². The normalized spacial score (nSPS) is 12.1. The van der Waals surface area contributed by atoms with Gasteiger partial charge in [0.1, 0.15) is 6.61 Å². The monoisotopic (exact) mass is 721 g/mol. The maximum Gasteiger partial charge on any atom is 0.306 e. The van der Waals surface area contributed by atoms with Crippen LogP contribution in [0.2, 0.25) is 0 Å². The highest BCUT2D eigenvalue weighted by Crippen LogP contribution is 2.16. The molecule has 1 atom stereocenters. The zero-order valence-corrected chi connectivity index (χ0v) is 34.4. The molecule has 0 unspecified atom stereocenters. The first-order chi connectivity index (χ1) is 25.1. The van der Waals surface area contributed by atoms with Crippen LogP contribution in [0.3, 0.4) is 0 Å². The van der Waals surface area contributed by atoms with Crippen molar-refractivity contribution in [2.24, 2.45) is 0 Å². The van der Waals surface area contributed by atoms with Crippen molar-refractivity contribution in [3.8, 4) is 0 Å². The molecule has 0 amide bonds. The van der Waals surface area contributed by atoms with Gasteiger partial charge in [-0.3, -0.25) is 9.59 Å². The van der Waals surface area contributed by atoms with Crippen LogP contribution >= 0.6 is 0 Å². The molecule has 0 heterocycles. The standard InChI is InChI=1S/C46H88O5/c1-3-5-7-9-11-13-15-17-19-20-21-22-23-24-25-27-28-30-32-34-36-38-40-45(48)50-43-44(42-47)51-46(49)41-39-37-35-33-31-29-26-18-16-14-12-10-8-6-4-2/h14,16,44,47H,3-13,15,17-43H2,1-2H3/b16-14+/t44-/m0/s1. The lowest BCUT2D eigenvalue weighted by Crippen LogP contribution is -2.28. The molecule has 0 aromatic carbocycles. The molecule has 0 aromatic heterocycles. The van der Waals surface area contributed by atoms with Gasteiger partial charge >= 0.3 is 11.9 Å². The summed E-state index contributed by atoms with van der Waals surface area (Å²) in [5, 5.41) is 9.58. The van der Waals surface area contributed by atoms with Gasteiger partial charge in [-0.05, 0) is 38.5 Å². The van der Waals surface area contributed by atoms with Crippen LogP contribution in [0.5, 0.6) is 0 Å². The molecule has 51 heavy (non-hydrogen) atoms. The zero-order valence-electron chi connectivity index (χ0n) is 34.4. The van der Waals surface area contributed by atoms with Gasteiger partial charge in [0.2, 0.25) is 0 Å². The number of carbonyl (C=O) groups is 2. The lowest BCUT2D eigenvalue weighted by molar-refractivity contribution is -0.161. The first-order valence-electron chi connectivity index (χ1n) is 22.7. The maximum atomic E-state index is 12.2. The van der Waals surface area contributed by atoms with Crippen molar-refractivity contribution in [3.05, 3.63) is 12.2 Å². The fourth-order valence-electron chi connectivity index (χ4n) is 6.85. The van der Waals surface area contributed by atoms with Crippen LogP contribution in [-0.4, -0.2) is 36.4 Å². The fourth-order valence-corrected chi connectivity index (χ4v) is 6.85. The molecule has 1 N–H and O–H groups in total. The van der Waals surface area contributed by atoms with E-state index in [-0.39, 0.29) is 25.2 Å². The Morgan fingerprint density at radius 2 is 0.725 bits per heavy atom. The highest BCUT2D eigenvalue weighted by atomic mass is 16.6. The van der Waals surface area contributed by atoms with Crippen molar-refractivity contribution >= 4 is 11.9 Å². The summed E-state index contributed by atoms with van der Waals surface area (Å²) in [7, 11) is 0. The largest absolute Gasteiger partial charge is 0.462 e. The van der Waals surface area contributed by atoms with Crippen molar-refractivity contribution in [2.45, 2.75) is 258 Å². The minimum atomic E-state index is -0.767.